The molecule has 1 amide bonds. The number of ether oxygens (including phenoxy) is 3. The Balaban J connectivity index is 1.53. The van der Waals surface area contributed by atoms with Crippen molar-refractivity contribution in [3.8, 4) is 17.2 Å². The van der Waals surface area contributed by atoms with Crippen molar-refractivity contribution in [3.05, 3.63) is 106 Å². The zero-order valence-corrected chi connectivity index (χ0v) is 23.5. The first-order chi connectivity index (χ1) is 19.3. The summed E-state index contributed by atoms with van der Waals surface area (Å²) in [4.78, 5) is 27.7. The fraction of sp³-hybridized carbons (Fsp3) is 0.273. The molecule has 0 fully saturated rings. The summed E-state index contributed by atoms with van der Waals surface area (Å²) in [5.74, 6) is 1.26. The lowest BCUT2D eigenvalue weighted by Gasteiger charge is -2.37. The minimum atomic E-state index is -0.478. The van der Waals surface area contributed by atoms with Crippen molar-refractivity contribution in [1.82, 2.24) is 5.32 Å². The summed E-state index contributed by atoms with van der Waals surface area (Å²) in [7, 11) is 4.81. The Labute approximate surface area is 234 Å². The van der Waals surface area contributed by atoms with Crippen LogP contribution in [0.4, 0.5) is 5.69 Å². The van der Waals surface area contributed by atoms with Gasteiger partial charge in [0.05, 0.1) is 21.3 Å². The number of rotatable bonds is 7. The van der Waals surface area contributed by atoms with Crippen molar-refractivity contribution >= 4 is 17.4 Å². The van der Waals surface area contributed by atoms with E-state index >= 15 is 0 Å². The number of amides is 1. The lowest BCUT2D eigenvalue weighted by molar-refractivity contribution is -0.116. The van der Waals surface area contributed by atoms with Gasteiger partial charge in [-0.25, -0.2) is 0 Å². The molecular formula is C33H34N2O5. The molecular weight excluding hydrogens is 504 g/mol. The number of hydrogen-bond donors (Lipinski definition) is 2. The minimum Gasteiger partial charge on any atom is -0.497 e. The quantitative estimate of drug-likeness (QED) is 0.383. The maximum atomic E-state index is 13.9. The highest BCUT2D eigenvalue weighted by Gasteiger charge is 2.41. The van der Waals surface area contributed by atoms with E-state index in [4.69, 9.17) is 14.2 Å². The van der Waals surface area contributed by atoms with E-state index < -0.39 is 5.92 Å². The standard InChI is InChI=1S/C33H34N2O5/c1-19-7-6-8-22(15-19)31-30(33(37)35-24-10-12-25(38-3)13-11-24)20(2)34-26-16-23(17-27(36)32(26)31)21-9-14-28(39-4)29(18-21)40-5/h6-15,18,23,31,34H,16-17H2,1-5H3,(H,35,37)/t23-,31-/m1/s1. The van der Waals surface area contributed by atoms with Crippen molar-refractivity contribution in [2.75, 3.05) is 26.6 Å². The number of carbonyl (C=O) groups excluding carboxylic acids is 2. The van der Waals surface area contributed by atoms with Gasteiger partial charge in [0.15, 0.2) is 17.3 Å². The molecule has 0 saturated heterocycles. The summed E-state index contributed by atoms with van der Waals surface area (Å²) in [5, 5.41) is 6.47. The van der Waals surface area contributed by atoms with E-state index in [0.29, 0.717) is 46.9 Å². The number of ketones is 1. The molecule has 0 unspecified atom stereocenters. The number of dihydropyridines is 1. The smallest absolute Gasteiger partial charge is 0.254 e. The third kappa shape index (κ3) is 5.19. The highest BCUT2D eigenvalue weighted by Crippen LogP contribution is 2.46. The molecule has 3 aromatic carbocycles. The molecule has 0 saturated carbocycles. The second-order valence-electron chi connectivity index (χ2n) is 10.2. The zero-order chi connectivity index (χ0) is 28.4. The Bertz CT molecular complexity index is 1520. The van der Waals surface area contributed by atoms with Gasteiger partial charge in [-0.05, 0) is 73.7 Å². The summed E-state index contributed by atoms with van der Waals surface area (Å²) in [6.45, 7) is 3.92. The Morgan fingerprint density at radius 3 is 2.27 bits per heavy atom. The molecule has 206 valence electrons. The first-order valence-electron chi connectivity index (χ1n) is 13.3. The molecule has 2 aliphatic rings. The van der Waals surface area contributed by atoms with Gasteiger partial charge >= 0.3 is 0 Å². The number of methoxy groups -OCH3 is 3. The molecule has 3 aromatic rings. The van der Waals surface area contributed by atoms with Crippen LogP contribution >= 0.6 is 0 Å². The molecule has 40 heavy (non-hydrogen) atoms. The van der Waals surface area contributed by atoms with Crippen LogP contribution < -0.4 is 24.8 Å². The topological polar surface area (TPSA) is 85.9 Å². The van der Waals surface area contributed by atoms with Crippen LogP contribution in [0, 0.1) is 6.92 Å². The van der Waals surface area contributed by atoms with Gasteiger partial charge in [-0.3, -0.25) is 9.59 Å². The molecule has 1 heterocycles. The fourth-order valence-corrected chi connectivity index (χ4v) is 5.74. The van der Waals surface area contributed by atoms with Crippen LogP contribution in [0.1, 0.15) is 48.3 Å². The van der Waals surface area contributed by atoms with Crippen LogP contribution in [0.3, 0.4) is 0 Å². The number of benzene rings is 3. The predicted molar refractivity (Wildman–Crippen MR) is 155 cm³/mol. The molecule has 1 aliphatic carbocycles. The van der Waals surface area contributed by atoms with Gasteiger partial charge in [0.25, 0.3) is 5.91 Å². The second kappa shape index (κ2) is 11.3. The fourth-order valence-electron chi connectivity index (χ4n) is 5.74. The van der Waals surface area contributed by atoms with E-state index in [1.807, 2.05) is 50.2 Å². The monoisotopic (exact) mass is 538 g/mol. The van der Waals surface area contributed by atoms with E-state index in [-0.39, 0.29) is 17.6 Å². The predicted octanol–water partition coefficient (Wildman–Crippen LogP) is 6.02. The maximum Gasteiger partial charge on any atom is 0.254 e. The number of anilines is 1. The highest BCUT2D eigenvalue weighted by atomic mass is 16.5. The van der Waals surface area contributed by atoms with Crippen molar-refractivity contribution in [2.45, 2.75) is 38.5 Å². The van der Waals surface area contributed by atoms with E-state index in [9.17, 15) is 9.59 Å². The van der Waals surface area contributed by atoms with Crippen LogP contribution in [-0.4, -0.2) is 33.0 Å². The van der Waals surface area contributed by atoms with E-state index in [1.54, 1.807) is 45.6 Å². The molecule has 1 aliphatic heterocycles. The lowest BCUT2D eigenvalue weighted by atomic mass is 9.71. The van der Waals surface area contributed by atoms with Crippen molar-refractivity contribution in [1.29, 1.82) is 0 Å². The van der Waals surface area contributed by atoms with Gasteiger partial charge in [-0.2, -0.15) is 0 Å². The average molecular weight is 539 g/mol. The van der Waals surface area contributed by atoms with Crippen molar-refractivity contribution in [3.63, 3.8) is 0 Å². The molecule has 0 bridgehead atoms. The number of hydrogen-bond acceptors (Lipinski definition) is 6. The lowest BCUT2D eigenvalue weighted by Crippen LogP contribution is -2.37. The number of Topliss-reactive ketones (excluding diaryl/α,β-unsaturated/α-hetero) is 1. The van der Waals surface area contributed by atoms with Crippen LogP contribution in [0.2, 0.25) is 0 Å². The first kappa shape index (κ1) is 27.1. The molecule has 0 aromatic heterocycles. The van der Waals surface area contributed by atoms with Crippen molar-refractivity contribution in [2.24, 2.45) is 0 Å². The molecule has 2 N–H and O–H groups in total. The van der Waals surface area contributed by atoms with Gasteiger partial charge in [-0.15, -0.1) is 0 Å². The van der Waals surface area contributed by atoms with Gasteiger partial charge in [0.2, 0.25) is 0 Å². The number of aryl methyl sites for hydroxylation is 1. The van der Waals surface area contributed by atoms with Gasteiger partial charge in [0, 0.05) is 40.6 Å². The van der Waals surface area contributed by atoms with Crippen LogP contribution in [0.25, 0.3) is 0 Å². The van der Waals surface area contributed by atoms with Gasteiger partial charge < -0.3 is 24.8 Å². The maximum absolute atomic E-state index is 13.9. The summed E-state index contributed by atoms with van der Waals surface area (Å²) in [6, 6.07) is 21.0. The van der Waals surface area contributed by atoms with Crippen LogP contribution in [-0.2, 0) is 9.59 Å². The van der Waals surface area contributed by atoms with Crippen LogP contribution in [0.15, 0.2) is 89.3 Å². The summed E-state index contributed by atoms with van der Waals surface area (Å²) < 4.78 is 16.1. The van der Waals surface area contributed by atoms with Gasteiger partial charge in [-0.1, -0.05) is 35.9 Å². The Morgan fingerprint density at radius 2 is 1.60 bits per heavy atom. The largest absolute Gasteiger partial charge is 0.497 e. The van der Waals surface area contributed by atoms with Crippen molar-refractivity contribution < 1.29 is 23.8 Å². The highest BCUT2D eigenvalue weighted by molar-refractivity contribution is 6.10. The number of carbonyl (C=O) groups is 2. The van der Waals surface area contributed by atoms with Crippen LogP contribution in [0.5, 0.6) is 17.2 Å². The zero-order valence-electron chi connectivity index (χ0n) is 23.5. The second-order valence-corrected chi connectivity index (χ2v) is 10.2. The molecule has 2 atom stereocenters. The molecule has 7 nitrogen and oxygen atoms in total. The molecule has 5 rings (SSSR count). The summed E-state index contributed by atoms with van der Waals surface area (Å²) in [5.41, 5.74) is 6.45. The minimum absolute atomic E-state index is 0.0285. The normalized spacial score (nSPS) is 18.6. The third-order valence-electron chi connectivity index (χ3n) is 7.67. The van der Waals surface area contributed by atoms with E-state index in [1.165, 1.54) is 0 Å². The first-order valence-corrected chi connectivity index (χ1v) is 13.3. The SMILES string of the molecule is COc1ccc(NC(=O)C2=C(C)NC3=C(C(=O)C[C@H](c4ccc(OC)c(OC)c4)C3)[C@@H]2c2cccc(C)c2)cc1. The molecule has 7 heteroatoms. The van der Waals surface area contributed by atoms with E-state index in [2.05, 4.69) is 16.7 Å². The summed E-state index contributed by atoms with van der Waals surface area (Å²) in [6.07, 6.45) is 0.980. The third-order valence-corrected chi connectivity index (χ3v) is 7.67. The number of nitrogens with one attached hydrogen (secondary N) is 2. The Kier molecular flexibility index (Phi) is 7.65. The molecule has 0 spiro atoms. The number of allylic oxidation sites excluding steroid dienone is 3. The average Bonchev–Trinajstić information content (AvgIpc) is 2.96. The Morgan fingerprint density at radius 1 is 0.850 bits per heavy atom. The van der Waals surface area contributed by atoms with Gasteiger partial charge in [0.1, 0.15) is 5.75 Å². The Hall–Kier alpha value is -4.52. The van der Waals surface area contributed by atoms with E-state index in [0.717, 1.165) is 28.1 Å². The summed E-state index contributed by atoms with van der Waals surface area (Å²) >= 11 is 0. The molecule has 0 radical (unpaired) electrons.